The van der Waals surface area contributed by atoms with Crippen molar-refractivity contribution in [2.24, 2.45) is 0 Å². The molecule has 0 atom stereocenters. The molecule has 0 saturated heterocycles. The van der Waals surface area contributed by atoms with E-state index in [1.54, 1.807) is 7.05 Å². The van der Waals surface area contributed by atoms with E-state index in [0.29, 0.717) is 24.1 Å². The van der Waals surface area contributed by atoms with Gasteiger partial charge in [0.25, 0.3) is 0 Å². The minimum absolute atomic E-state index is 0.127. The number of ketones is 2. The Morgan fingerprint density at radius 1 is 1.20 bits per heavy atom. The fraction of sp³-hybridized carbons (Fsp3) is 0.238. The zero-order chi connectivity index (χ0) is 17.8. The molecule has 0 aromatic heterocycles. The number of aryl methyl sites for hydroxylation is 1. The Labute approximate surface area is 146 Å². The van der Waals surface area contributed by atoms with Crippen molar-refractivity contribution in [3.05, 3.63) is 70.5 Å². The van der Waals surface area contributed by atoms with Gasteiger partial charge in [0.05, 0.1) is 5.57 Å². The molecule has 3 nitrogen and oxygen atoms in total. The third-order valence-electron chi connectivity index (χ3n) is 4.47. The van der Waals surface area contributed by atoms with Crippen molar-refractivity contribution in [2.75, 3.05) is 12.4 Å². The second-order valence-electron chi connectivity index (χ2n) is 6.19. The molecule has 2 aromatic rings. The number of fused-ring (bicyclic) bond motifs is 1. The number of allylic oxidation sites excluding steroid dienone is 1. The van der Waals surface area contributed by atoms with Crippen LogP contribution in [0.1, 0.15) is 29.5 Å². The zero-order valence-electron chi connectivity index (χ0n) is 14.1. The van der Waals surface area contributed by atoms with Crippen molar-refractivity contribution < 1.29 is 14.0 Å². The molecule has 2 aromatic carbocycles. The monoisotopic (exact) mass is 337 g/mol. The summed E-state index contributed by atoms with van der Waals surface area (Å²) in [6.07, 6.45) is 3.46. The highest BCUT2D eigenvalue weighted by atomic mass is 19.1. The third-order valence-corrected chi connectivity index (χ3v) is 4.47. The maximum Gasteiger partial charge on any atom is 0.170 e. The van der Waals surface area contributed by atoms with Crippen LogP contribution in [0.15, 0.2) is 48.0 Å². The fourth-order valence-electron chi connectivity index (χ4n) is 3.17. The first-order chi connectivity index (χ1) is 12.1. The number of nitrogens with one attached hydrogen (secondary N) is 1. The van der Waals surface area contributed by atoms with Gasteiger partial charge in [-0.3, -0.25) is 9.59 Å². The van der Waals surface area contributed by atoms with Gasteiger partial charge in [0.1, 0.15) is 5.82 Å². The maximum absolute atomic E-state index is 13.7. The van der Waals surface area contributed by atoms with Crippen LogP contribution in [0.25, 0.3) is 6.08 Å². The van der Waals surface area contributed by atoms with Crippen LogP contribution >= 0.6 is 0 Å². The molecule has 1 aliphatic carbocycles. The lowest BCUT2D eigenvalue weighted by molar-refractivity contribution is -0.121. The van der Waals surface area contributed by atoms with E-state index in [1.807, 2.05) is 30.3 Å². The van der Waals surface area contributed by atoms with E-state index in [1.165, 1.54) is 23.8 Å². The van der Waals surface area contributed by atoms with E-state index in [-0.39, 0.29) is 29.4 Å². The van der Waals surface area contributed by atoms with E-state index >= 15 is 0 Å². The number of Topliss-reactive ketones (excluding diaryl/α,β-unsaturated/α-hetero) is 2. The van der Waals surface area contributed by atoms with Crippen LogP contribution in [0.5, 0.6) is 0 Å². The summed E-state index contributed by atoms with van der Waals surface area (Å²) < 4.78 is 13.7. The molecule has 0 amide bonds. The number of carbonyl (C=O) groups excluding carboxylic acids is 2. The molecule has 0 aliphatic heterocycles. The van der Waals surface area contributed by atoms with E-state index in [9.17, 15) is 14.0 Å². The van der Waals surface area contributed by atoms with Crippen molar-refractivity contribution in [1.82, 2.24) is 0 Å². The Balaban J connectivity index is 1.74. The molecule has 1 N–H and O–H groups in total. The molecule has 4 heteroatoms. The lowest BCUT2D eigenvalue weighted by Crippen LogP contribution is -2.20. The SMILES string of the molecule is CNc1cc(F)cc2c1CC(=O)C(C(=O)CCCc1ccccc1)=C2. The van der Waals surface area contributed by atoms with Crippen LogP contribution in [0, 0.1) is 5.82 Å². The number of carbonyl (C=O) groups is 2. The molecule has 0 spiro atoms. The van der Waals surface area contributed by atoms with Crippen LogP contribution in [0.2, 0.25) is 0 Å². The van der Waals surface area contributed by atoms with E-state index in [2.05, 4.69) is 5.32 Å². The summed E-state index contributed by atoms with van der Waals surface area (Å²) in [5.41, 5.74) is 3.30. The summed E-state index contributed by atoms with van der Waals surface area (Å²) in [5, 5.41) is 2.91. The average molecular weight is 337 g/mol. The molecule has 0 radical (unpaired) electrons. The minimum Gasteiger partial charge on any atom is -0.388 e. The lowest BCUT2D eigenvalue weighted by atomic mass is 9.87. The van der Waals surface area contributed by atoms with Crippen LogP contribution in [0.3, 0.4) is 0 Å². The molecule has 128 valence electrons. The Morgan fingerprint density at radius 2 is 1.96 bits per heavy atom. The summed E-state index contributed by atoms with van der Waals surface area (Å²) in [6.45, 7) is 0. The Morgan fingerprint density at radius 3 is 2.68 bits per heavy atom. The molecule has 0 saturated carbocycles. The van der Waals surface area contributed by atoms with Gasteiger partial charge in [0, 0.05) is 25.6 Å². The van der Waals surface area contributed by atoms with Crippen molar-refractivity contribution in [3.63, 3.8) is 0 Å². The van der Waals surface area contributed by atoms with E-state index < -0.39 is 0 Å². The largest absolute Gasteiger partial charge is 0.388 e. The second-order valence-corrected chi connectivity index (χ2v) is 6.19. The topological polar surface area (TPSA) is 46.2 Å². The molecule has 0 bridgehead atoms. The van der Waals surface area contributed by atoms with Crippen LogP contribution in [-0.4, -0.2) is 18.6 Å². The molecular weight excluding hydrogens is 317 g/mol. The first-order valence-electron chi connectivity index (χ1n) is 8.40. The van der Waals surface area contributed by atoms with E-state index in [4.69, 9.17) is 0 Å². The smallest absolute Gasteiger partial charge is 0.170 e. The number of hydrogen-bond donors (Lipinski definition) is 1. The number of rotatable bonds is 6. The molecule has 1 aliphatic rings. The van der Waals surface area contributed by atoms with Crippen LogP contribution in [-0.2, 0) is 22.4 Å². The molecular formula is C21H20FNO2. The van der Waals surface area contributed by atoms with Crippen molar-refractivity contribution in [3.8, 4) is 0 Å². The summed E-state index contributed by atoms with van der Waals surface area (Å²) in [7, 11) is 1.69. The summed E-state index contributed by atoms with van der Waals surface area (Å²) in [5.74, 6) is -0.744. The number of halogens is 1. The van der Waals surface area contributed by atoms with E-state index in [0.717, 1.165) is 12.0 Å². The predicted molar refractivity (Wildman–Crippen MR) is 97.0 cm³/mol. The Bertz CT molecular complexity index is 840. The first-order valence-corrected chi connectivity index (χ1v) is 8.40. The maximum atomic E-state index is 13.7. The molecule has 0 fully saturated rings. The highest BCUT2D eigenvalue weighted by Gasteiger charge is 2.25. The lowest BCUT2D eigenvalue weighted by Gasteiger charge is -2.18. The third kappa shape index (κ3) is 3.85. The number of hydrogen-bond acceptors (Lipinski definition) is 3. The van der Waals surface area contributed by atoms with Crippen molar-refractivity contribution in [2.45, 2.75) is 25.7 Å². The van der Waals surface area contributed by atoms with Crippen molar-refractivity contribution in [1.29, 1.82) is 0 Å². The van der Waals surface area contributed by atoms with Gasteiger partial charge in [-0.2, -0.15) is 0 Å². The molecule has 0 heterocycles. The predicted octanol–water partition coefficient (Wildman–Crippen LogP) is 3.97. The van der Waals surface area contributed by atoms with Crippen LogP contribution in [0.4, 0.5) is 10.1 Å². The number of benzene rings is 2. The highest BCUT2D eigenvalue weighted by Crippen LogP contribution is 2.30. The zero-order valence-corrected chi connectivity index (χ0v) is 14.1. The second kappa shape index (κ2) is 7.43. The van der Waals surface area contributed by atoms with Gasteiger partial charge in [-0.1, -0.05) is 30.3 Å². The standard InChI is InChI=1S/C21H20FNO2/c1-23-19-12-16(22)10-15-11-18(21(25)13-17(15)19)20(24)9-5-8-14-6-3-2-4-7-14/h2-4,6-7,10-12,23H,5,8-9,13H2,1H3. The van der Waals surface area contributed by atoms with Crippen molar-refractivity contribution >= 4 is 23.3 Å². The van der Waals surface area contributed by atoms with Gasteiger partial charge in [0.15, 0.2) is 11.6 Å². The fourth-order valence-corrected chi connectivity index (χ4v) is 3.17. The summed E-state index contributed by atoms with van der Waals surface area (Å²) >= 11 is 0. The highest BCUT2D eigenvalue weighted by molar-refractivity contribution is 6.25. The number of anilines is 1. The van der Waals surface area contributed by atoms with Gasteiger partial charge in [0.2, 0.25) is 0 Å². The van der Waals surface area contributed by atoms with Gasteiger partial charge in [-0.15, -0.1) is 0 Å². The normalized spacial score (nSPS) is 13.2. The minimum atomic E-state index is -0.385. The van der Waals surface area contributed by atoms with Gasteiger partial charge < -0.3 is 5.32 Å². The summed E-state index contributed by atoms with van der Waals surface area (Å²) in [4.78, 5) is 24.8. The molecule has 0 unspecified atom stereocenters. The Kier molecular flexibility index (Phi) is 5.08. The molecule has 25 heavy (non-hydrogen) atoms. The van der Waals surface area contributed by atoms with Gasteiger partial charge >= 0.3 is 0 Å². The quantitative estimate of drug-likeness (QED) is 0.812. The molecule has 3 rings (SSSR count). The first kappa shape index (κ1) is 17.1. The summed E-state index contributed by atoms with van der Waals surface area (Å²) in [6, 6.07) is 12.7. The average Bonchev–Trinajstić information content (AvgIpc) is 2.61. The van der Waals surface area contributed by atoms with Crippen LogP contribution < -0.4 is 5.32 Å². The Hall–Kier alpha value is -2.75. The van der Waals surface area contributed by atoms with Gasteiger partial charge in [-0.05, 0) is 47.7 Å². The van der Waals surface area contributed by atoms with Gasteiger partial charge in [-0.25, -0.2) is 4.39 Å².